The monoisotopic (exact) mass is 247 g/mol. The van der Waals surface area contributed by atoms with Crippen molar-refractivity contribution in [1.29, 1.82) is 0 Å². The SMILES string of the molecule is Cc1ccc(-n2ncc([N+](=O)[O-])c2C(=O)O)cc1. The number of nitro groups is 1. The molecule has 0 aliphatic rings. The molecule has 0 amide bonds. The molecule has 0 aliphatic carbocycles. The van der Waals surface area contributed by atoms with Gasteiger partial charge in [-0.2, -0.15) is 5.10 Å². The van der Waals surface area contributed by atoms with Crippen molar-refractivity contribution in [3.63, 3.8) is 0 Å². The molecule has 0 aliphatic heterocycles. The van der Waals surface area contributed by atoms with Gasteiger partial charge in [-0.15, -0.1) is 0 Å². The van der Waals surface area contributed by atoms with E-state index in [2.05, 4.69) is 5.10 Å². The molecule has 2 aromatic rings. The van der Waals surface area contributed by atoms with Crippen LogP contribution in [0, 0.1) is 17.0 Å². The summed E-state index contributed by atoms with van der Waals surface area (Å²) >= 11 is 0. The Hall–Kier alpha value is -2.70. The Balaban J connectivity index is 2.61. The van der Waals surface area contributed by atoms with Crippen LogP contribution in [0.5, 0.6) is 0 Å². The average molecular weight is 247 g/mol. The molecule has 1 aromatic carbocycles. The van der Waals surface area contributed by atoms with Crippen molar-refractivity contribution in [2.75, 3.05) is 0 Å². The number of hydrogen-bond acceptors (Lipinski definition) is 4. The summed E-state index contributed by atoms with van der Waals surface area (Å²) in [5.41, 5.74) is 0.482. The number of aromatic carboxylic acids is 1. The Morgan fingerprint density at radius 1 is 1.39 bits per heavy atom. The first kappa shape index (κ1) is 11.8. The van der Waals surface area contributed by atoms with Gasteiger partial charge in [-0.1, -0.05) is 17.7 Å². The number of carbonyl (C=O) groups is 1. The maximum absolute atomic E-state index is 11.1. The van der Waals surface area contributed by atoms with Crippen LogP contribution in [0.15, 0.2) is 30.5 Å². The Morgan fingerprint density at radius 2 is 2.00 bits per heavy atom. The molecule has 0 fully saturated rings. The lowest BCUT2D eigenvalue weighted by atomic mass is 10.2. The van der Waals surface area contributed by atoms with Gasteiger partial charge in [0, 0.05) is 0 Å². The van der Waals surface area contributed by atoms with Crippen molar-refractivity contribution in [3.05, 3.63) is 51.8 Å². The third-order valence-corrected chi connectivity index (χ3v) is 2.43. The molecule has 1 aromatic heterocycles. The largest absolute Gasteiger partial charge is 0.476 e. The van der Waals surface area contributed by atoms with Crippen molar-refractivity contribution in [2.24, 2.45) is 0 Å². The lowest BCUT2D eigenvalue weighted by molar-refractivity contribution is -0.385. The number of nitrogens with zero attached hydrogens (tertiary/aromatic N) is 3. The van der Waals surface area contributed by atoms with Gasteiger partial charge in [0.15, 0.2) is 0 Å². The molecule has 0 unspecified atom stereocenters. The van der Waals surface area contributed by atoms with Crippen LogP contribution in [0.1, 0.15) is 16.1 Å². The minimum Gasteiger partial charge on any atom is -0.476 e. The second-order valence-corrected chi connectivity index (χ2v) is 3.69. The van der Waals surface area contributed by atoms with Crippen LogP contribution in [-0.4, -0.2) is 25.8 Å². The van der Waals surface area contributed by atoms with Crippen LogP contribution < -0.4 is 0 Å². The topological polar surface area (TPSA) is 98.3 Å². The number of carboxylic acids is 1. The first-order valence-electron chi connectivity index (χ1n) is 5.03. The highest BCUT2D eigenvalue weighted by Gasteiger charge is 2.27. The van der Waals surface area contributed by atoms with Crippen LogP contribution in [0.4, 0.5) is 5.69 Å². The lowest BCUT2D eigenvalue weighted by Crippen LogP contribution is -2.09. The fourth-order valence-electron chi connectivity index (χ4n) is 1.56. The molecule has 7 heteroatoms. The maximum atomic E-state index is 11.1. The summed E-state index contributed by atoms with van der Waals surface area (Å²) in [6.07, 6.45) is 0.934. The molecule has 0 atom stereocenters. The molecular weight excluding hydrogens is 238 g/mol. The molecule has 0 saturated heterocycles. The number of aryl methyl sites for hydroxylation is 1. The van der Waals surface area contributed by atoms with Crippen LogP contribution in [0.3, 0.4) is 0 Å². The number of carboxylic acid groups (broad SMARTS) is 1. The van der Waals surface area contributed by atoms with Crippen LogP contribution in [0.25, 0.3) is 5.69 Å². The van der Waals surface area contributed by atoms with Crippen LogP contribution in [-0.2, 0) is 0 Å². The standard InChI is InChI=1S/C11H9N3O4/c1-7-2-4-8(5-3-7)13-10(11(15)16)9(6-12-13)14(17)18/h2-6H,1H3,(H,15,16). The maximum Gasteiger partial charge on any atom is 0.361 e. The van der Waals surface area contributed by atoms with Crippen molar-refractivity contribution < 1.29 is 14.8 Å². The smallest absolute Gasteiger partial charge is 0.361 e. The van der Waals surface area contributed by atoms with Gasteiger partial charge < -0.3 is 5.11 Å². The molecule has 92 valence electrons. The van der Waals surface area contributed by atoms with E-state index < -0.39 is 22.3 Å². The van der Waals surface area contributed by atoms with E-state index in [0.29, 0.717) is 5.69 Å². The van der Waals surface area contributed by atoms with E-state index in [0.717, 1.165) is 16.4 Å². The molecule has 0 bridgehead atoms. The molecule has 2 rings (SSSR count). The van der Waals surface area contributed by atoms with Gasteiger partial charge in [0.2, 0.25) is 5.69 Å². The zero-order valence-electron chi connectivity index (χ0n) is 9.40. The Labute approximate surface area is 101 Å². The van der Waals surface area contributed by atoms with E-state index in [9.17, 15) is 14.9 Å². The number of aromatic nitrogens is 2. The van der Waals surface area contributed by atoms with E-state index in [-0.39, 0.29) is 0 Å². The molecule has 1 N–H and O–H groups in total. The molecule has 0 saturated carbocycles. The second kappa shape index (κ2) is 4.28. The summed E-state index contributed by atoms with van der Waals surface area (Å²) in [6.45, 7) is 1.88. The first-order valence-corrected chi connectivity index (χ1v) is 5.03. The summed E-state index contributed by atoms with van der Waals surface area (Å²) in [7, 11) is 0. The van der Waals surface area contributed by atoms with Gasteiger partial charge >= 0.3 is 11.7 Å². The van der Waals surface area contributed by atoms with Gasteiger partial charge in [0.05, 0.1) is 10.6 Å². The van der Waals surface area contributed by atoms with Crippen LogP contribution in [0.2, 0.25) is 0 Å². The predicted octanol–water partition coefficient (Wildman–Crippen LogP) is 1.79. The fraction of sp³-hybridized carbons (Fsp3) is 0.0909. The van der Waals surface area contributed by atoms with Crippen LogP contribution >= 0.6 is 0 Å². The van der Waals surface area contributed by atoms with E-state index >= 15 is 0 Å². The quantitative estimate of drug-likeness (QED) is 0.658. The van der Waals surface area contributed by atoms with Gasteiger partial charge in [-0.05, 0) is 19.1 Å². The third-order valence-electron chi connectivity index (χ3n) is 2.43. The first-order chi connectivity index (χ1) is 8.50. The number of rotatable bonds is 3. The van der Waals surface area contributed by atoms with E-state index in [1.54, 1.807) is 24.3 Å². The summed E-state index contributed by atoms with van der Waals surface area (Å²) in [5.74, 6) is -1.39. The normalized spacial score (nSPS) is 10.3. The summed E-state index contributed by atoms with van der Waals surface area (Å²) in [6, 6.07) is 6.85. The van der Waals surface area contributed by atoms with Crippen molar-refractivity contribution >= 4 is 11.7 Å². The molecule has 7 nitrogen and oxygen atoms in total. The summed E-state index contributed by atoms with van der Waals surface area (Å²) in [4.78, 5) is 21.0. The van der Waals surface area contributed by atoms with Gasteiger partial charge in [-0.25, -0.2) is 9.48 Å². The molecule has 0 spiro atoms. The van der Waals surface area contributed by atoms with E-state index in [1.165, 1.54) is 0 Å². The van der Waals surface area contributed by atoms with Crippen molar-refractivity contribution in [3.8, 4) is 5.69 Å². The number of hydrogen-bond donors (Lipinski definition) is 1. The zero-order chi connectivity index (χ0) is 13.3. The number of benzene rings is 1. The Kier molecular flexibility index (Phi) is 2.80. The highest BCUT2D eigenvalue weighted by Crippen LogP contribution is 2.21. The van der Waals surface area contributed by atoms with E-state index in [4.69, 9.17) is 5.11 Å². The second-order valence-electron chi connectivity index (χ2n) is 3.69. The van der Waals surface area contributed by atoms with Crippen molar-refractivity contribution in [1.82, 2.24) is 9.78 Å². The Morgan fingerprint density at radius 3 is 2.50 bits per heavy atom. The highest BCUT2D eigenvalue weighted by molar-refractivity contribution is 5.91. The molecule has 1 heterocycles. The van der Waals surface area contributed by atoms with Gasteiger partial charge in [-0.3, -0.25) is 10.1 Å². The lowest BCUT2D eigenvalue weighted by Gasteiger charge is -2.03. The molecule has 0 radical (unpaired) electrons. The zero-order valence-corrected chi connectivity index (χ0v) is 9.40. The highest BCUT2D eigenvalue weighted by atomic mass is 16.6. The fourth-order valence-corrected chi connectivity index (χ4v) is 1.56. The Bertz CT molecular complexity index is 616. The molecule has 18 heavy (non-hydrogen) atoms. The predicted molar refractivity (Wildman–Crippen MR) is 61.9 cm³/mol. The minimum atomic E-state index is -1.39. The average Bonchev–Trinajstić information content (AvgIpc) is 2.74. The van der Waals surface area contributed by atoms with Gasteiger partial charge in [0.25, 0.3) is 0 Å². The third kappa shape index (κ3) is 1.93. The molecular formula is C11H9N3O4. The van der Waals surface area contributed by atoms with Crippen molar-refractivity contribution in [2.45, 2.75) is 6.92 Å². The summed E-state index contributed by atoms with van der Waals surface area (Å²) in [5, 5.41) is 23.5. The minimum absolute atomic E-state index is 0.455. The summed E-state index contributed by atoms with van der Waals surface area (Å²) < 4.78 is 1.04. The van der Waals surface area contributed by atoms with Gasteiger partial charge in [0.1, 0.15) is 6.20 Å². The van der Waals surface area contributed by atoms with E-state index in [1.807, 2.05) is 6.92 Å².